The molecule has 0 aliphatic carbocycles. The normalized spacial score (nSPS) is 17.0. The van der Waals surface area contributed by atoms with E-state index in [0.717, 1.165) is 11.1 Å². The number of carbonyl (C=O) groups excluding carboxylic acids is 2. The standard InChI is InChI=1S/C23H28N2O5S/c1-16(2)19-7-4-5-8-20(19)24-22(26)15-30-23(27)21-9-6-14-25(21)31(28,29)18-12-10-17(3)11-13-18/h4-5,7-8,10-13,16,21H,6,9,14-15H2,1-3H3,(H,24,26)/t21-/m1/s1. The first-order valence-corrected chi connectivity index (χ1v) is 11.8. The van der Waals surface area contributed by atoms with Crippen LogP contribution in [0.2, 0.25) is 0 Å². The summed E-state index contributed by atoms with van der Waals surface area (Å²) in [5.41, 5.74) is 2.60. The van der Waals surface area contributed by atoms with E-state index in [0.29, 0.717) is 18.5 Å². The van der Waals surface area contributed by atoms with Gasteiger partial charge in [-0.3, -0.25) is 9.59 Å². The first-order chi connectivity index (χ1) is 14.7. The molecule has 1 atom stereocenters. The number of aryl methyl sites for hydroxylation is 1. The first-order valence-electron chi connectivity index (χ1n) is 10.3. The molecule has 1 N–H and O–H groups in total. The average Bonchev–Trinajstić information content (AvgIpc) is 3.23. The Balaban J connectivity index is 1.63. The number of sulfonamides is 1. The third-order valence-electron chi connectivity index (χ3n) is 5.31. The Morgan fingerprint density at radius 2 is 1.81 bits per heavy atom. The maximum absolute atomic E-state index is 13.0. The number of nitrogens with zero attached hydrogens (tertiary/aromatic N) is 1. The Morgan fingerprint density at radius 3 is 2.48 bits per heavy atom. The predicted molar refractivity (Wildman–Crippen MR) is 118 cm³/mol. The fraction of sp³-hybridized carbons (Fsp3) is 0.391. The van der Waals surface area contributed by atoms with Gasteiger partial charge in [0.05, 0.1) is 4.90 Å². The molecule has 0 saturated carbocycles. The van der Waals surface area contributed by atoms with Crippen molar-refractivity contribution < 1.29 is 22.7 Å². The number of anilines is 1. The van der Waals surface area contributed by atoms with Crippen LogP contribution in [0.3, 0.4) is 0 Å². The smallest absolute Gasteiger partial charge is 0.324 e. The number of benzene rings is 2. The van der Waals surface area contributed by atoms with Crippen LogP contribution >= 0.6 is 0 Å². The summed E-state index contributed by atoms with van der Waals surface area (Å²) in [4.78, 5) is 25.1. The Kier molecular flexibility index (Phi) is 7.12. The minimum absolute atomic E-state index is 0.140. The van der Waals surface area contributed by atoms with Crippen LogP contribution in [0.5, 0.6) is 0 Å². The van der Waals surface area contributed by atoms with Crippen molar-refractivity contribution in [3.05, 3.63) is 59.7 Å². The largest absolute Gasteiger partial charge is 0.454 e. The summed E-state index contributed by atoms with van der Waals surface area (Å²) in [7, 11) is -3.82. The predicted octanol–water partition coefficient (Wildman–Crippen LogP) is 3.45. The molecular weight excluding hydrogens is 416 g/mol. The van der Waals surface area contributed by atoms with Crippen LogP contribution in [0, 0.1) is 6.92 Å². The lowest BCUT2D eigenvalue weighted by Crippen LogP contribution is -2.42. The summed E-state index contributed by atoms with van der Waals surface area (Å²) in [6.45, 7) is 5.68. The quantitative estimate of drug-likeness (QED) is 0.661. The van der Waals surface area contributed by atoms with Crippen LogP contribution in [0.4, 0.5) is 5.69 Å². The first kappa shape index (κ1) is 23.0. The summed E-state index contributed by atoms with van der Waals surface area (Å²) in [5, 5.41) is 2.76. The molecule has 0 aromatic heterocycles. The number of amides is 1. The van der Waals surface area contributed by atoms with Crippen LogP contribution in [0.25, 0.3) is 0 Å². The molecule has 0 radical (unpaired) electrons. The van der Waals surface area contributed by atoms with Gasteiger partial charge in [0.2, 0.25) is 10.0 Å². The molecule has 1 fully saturated rings. The van der Waals surface area contributed by atoms with E-state index in [1.54, 1.807) is 18.2 Å². The van der Waals surface area contributed by atoms with Gasteiger partial charge >= 0.3 is 5.97 Å². The van der Waals surface area contributed by atoms with Crippen molar-refractivity contribution in [1.82, 2.24) is 4.31 Å². The summed E-state index contributed by atoms with van der Waals surface area (Å²) in [6.07, 6.45) is 0.917. The fourth-order valence-corrected chi connectivity index (χ4v) is 5.29. The molecule has 166 valence electrons. The molecule has 0 spiro atoms. The zero-order valence-corrected chi connectivity index (χ0v) is 18.8. The van der Waals surface area contributed by atoms with Crippen LogP contribution in [-0.2, 0) is 24.3 Å². The fourth-order valence-electron chi connectivity index (χ4n) is 3.64. The van der Waals surface area contributed by atoms with E-state index in [-0.39, 0.29) is 17.4 Å². The molecule has 0 bridgehead atoms. The lowest BCUT2D eigenvalue weighted by molar-refractivity contribution is -0.150. The third-order valence-corrected chi connectivity index (χ3v) is 7.23. The van der Waals surface area contributed by atoms with Crippen molar-refractivity contribution in [1.29, 1.82) is 0 Å². The zero-order valence-electron chi connectivity index (χ0n) is 18.0. The van der Waals surface area contributed by atoms with Gasteiger partial charge in [-0.2, -0.15) is 4.31 Å². The highest BCUT2D eigenvalue weighted by atomic mass is 32.2. The number of esters is 1. The van der Waals surface area contributed by atoms with E-state index in [4.69, 9.17) is 4.74 Å². The minimum atomic E-state index is -3.82. The van der Waals surface area contributed by atoms with E-state index in [1.165, 1.54) is 16.4 Å². The number of nitrogens with one attached hydrogen (secondary N) is 1. The molecule has 1 heterocycles. The third kappa shape index (κ3) is 5.32. The molecule has 1 aliphatic heterocycles. The van der Waals surface area contributed by atoms with Gasteiger partial charge in [0.25, 0.3) is 5.91 Å². The van der Waals surface area contributed by atoms with Gasteiger partial charge in [-0.15, -0.1) is 0 Å². The Labute approximate surface area is 183 Å². The molecule has 8 heteroatoms. The van der Waals surface area contributed by atoms with E-state index >= 15 is 0 Å². The molecule has 2 aromatic rings. The van der Waals surface area contributed by atoms with Crippen molar-refractivity contribution in [2.75, 3.05) is 18.5 Å². The van der Waals surface area contributed by atoms with Crippen LogP contribution in [0.1, 0.15) is 43.7 Å². The molecule has 31 heavy (non-hydrogen) atoms. The number of hydrogen-bond donors (Lipinski definition) is 1. The van der Waals surface area contributed by atoms with E-state index in [9.17, 15) is 18.0 Å². The average molecular weight is 445 g/mol. The molecule has 1 aliphatic rings. The number of para-hydroxylation sites is 1. The van der Waals surface area contributed by atoms with Crippen LogP contribution in [-0.4, -0.2) is 43.8 Å². The van der Waals surface area contributed by atoms with Crippen molar-refractivity contribution in [3.63, 3.8) is 0 Å². The molecule has 1 amide bonds. The van der Waals surface area contributed by atoms with Gasteiger partial charge in [-0.1, -0.05) is 49.7 Å². The van der Waals surface area contributed by atoms with E-state index < -0.39 is 34.5 Å². The summed E-state index contributed by atoms with van der Waals surface area (Å²) in [6, 6.07) is 13.0. The monoisotopic (exact) mass is 444 g/mol. The molecule has 7 nitrogen and oxygen atoms in total. The second kappa shape index (κ2) is 9.62. The molecule has 1 saturated heterocycles. The van der Waals surface area contributed by atoms with Crippen LogP contribution in [0.15, 0.2) is 53.4 Å². The second-order valence-corrected chi connectivity index (χ2v) is 9.88. The van der Waals surface area contributed by atoms with Crippen molar-refractivity contribution in [2.45, 2.75) is 50.5 Å². The van der Waals surface area contributed by atoms with E-state index in [2.05, 4.69) is 5.32 Å². The Hall–Kier alpha value is -2.71. The van der Waals surface area contributed by atoms with Gasteiger partial charge in [-0.05, 0) is 49.4 Å². The summed E-state index contributed by atoms with van der Waals surface area (Å²) < 4.78 is 32.3. The van der Waals surface area contributed by atoms with Crippen molar-refractivity contribution in [3.8, 4) is 0 Å². The van der Waals surface area contributed by atoms with Gasteiger partial charge in [-0.25, -0.2) is 8.42 Å². The summed E-state index contributed by atoms with van der Waals surface area (Å²) >= 11 is 0. The number of rotatable bonds is 7. The van der Waals surface area contributed by atoms with Crippen molar-refractivity contribution in [2.24, 2.45) is 0 Å². The SMILES string of the molecule is Cc1ccc(S(=O)(=O)N2CCC[C@@H]2C(=O)OCC(=O)Nc2ccccc2C(C)C)cc1. The molecule has 2 aromatic carbocycles. The topological polar surface area (TPSA) is 92.8 Å². The zero-order chi connectivity index (χ0) is 22.6. The maximum Gasteiger partial charge on any atom is 0.324 e. The lowest BCUT2D eigenvalue weighted by atomic mass is 10.0. The summed E-state index contributed by atoms with van der Waals surface area (Å²) in [5.74, 6) is -0.953. The van der Waals surface area contributed by atoms with Gasteiger partial charge in [0, 0.05) is 12.2 Å². The molecule has 3 rings (SSSR count). The number of hydrogen-bond acceptors (Lipinski definition) is 5. The second-order valence-electron chi connectivity index (χ2n) is 7.98. The molecule has 0 unspecified atom stereocenters. The Morgan fingerprint density at radius 1 is 1.13 bits per heavy atom. The van der Waals surface area contributed by atoms with Gasteiger partial charge in [0.1, 0.15) is 6.04 Å². The van der Waals surface area contributed by atoms with Gasteiger partial charge < -0.3 is 10.1 Å². The highest BCUT2D eigenvalue weighted by Crippen LogP contribution is 2.27. The lowest BCUT2D eigenvalue weighted by Gasteiger charge is -2.22. The number of carbonyl (C=O) groups is 2. The maximum atomic E-state index is 13.0. The Bertz CT molecular complexity index is 1050. The molecular formula is C23H28N2O5S. The minimum Gasteiger partial charge on any atom is -0.454 e. The highest BCUT2D eigenvalue weighted by Gasteiger charge is 2.40. The highest BCUT2D eigenvalue weighted by molar-refractivity contribution is 7.89. The van der Waals surface area contributed by atoms with Crippen LogP contribution < -0.4 is 5.32 Å². The van der Waals surface area contributed by atoms with Gasteiger partial charge in [0.15, 0.2) is 6.61 Å². The van der Waals surface area contributed by atoms with Crippen molar-refractivity contribution >= 4 is 27.6 Å². The number of ether oxygens (including phenoxy) is 1. The van der Waals surface area contributed by atoms with E-state index in [1.807, 2.05) is 39.0 Å².